The van der Waals surface area contributed by atoms with E-state index in [0.717, 1.165) is 38.2 Å². The van der Waals surface area contributed by atoms with E-state index in [1.165, 1.54) is 33.5 Å². The van der Waals surface area contributed by atoms with Gasteiger partial charge >= 0.3 is 5.97 Å². The minimum Gasteiger partial charge on any atom is -0.496 e. The van der Waals surface area contributed by atoms with Gasteiger partial charge < -0.3 is 25.7 Å². The lowest BCUT2D eigenvalue weighted by Crippen LogP contribution is -2.24. The molecule has 0 aliphatic rings. The predicted molar refractivity (Wildman–Crippen MR) is 161 cm³/mol. The first-order chi connectivity index (χ1) is 19.5. The fourth-order valence-corrected chi connectivity index (χ4v) is 5.91. The van der Waals surface area contributed by atoms with Gasteiger partial charge in [0.25, 0.3) is 5.91 Å². The van der Waals surface area contributed by atoms with Crippen LogP contribution in [0.25, 0.3) is 0 Å². The molecule has 0 atom stereocenters. The number of nitrogens with zero attached hydrogens (tertiary/aromatic N) is 1. The average Bonchev–Trinajstić information content (AvgIpc) is 2.92. The number of sulfone groups is 2. The maximum Gasteiger partial charge on any atom is 0.341 e. The zero-order chi connectivity index (χ0) is 32.3. The number of esters is 1. The number of unbranched alkanes of at least 4 members (excludes halogenated alkanes) is 2. The topological polar surface area (TPSA) is 195 Å². The molecular weight excluding hydrogens is 586 g/mol. The smallest absolute Gasteiger partial charge is 0.341 e. The molecule has 0 fully saturated rings. The third kappa shape index (κ3) is 10.3. The minimum absolute atomic E-state index is 0.0107. The molecule has 0 saturated carbocycles. The van der Waals surface area contributed by atoms with E-state index in [1.54, 1.807) is 12.1 Å². The average molecular weight is 628 g/mol. The van der Waals surface area contributed by atoms with Crippen molar-refractivity contribution >= 4 is 37.5 Å². The molecule has 0 aliphatic heterocycles. The molecule has 0 spiro atoms. The first-order valence-corrected chi connectivity index (χ1v) is 16.9. The Balaban J connectivity index is 0.000000422. The number of nitrogens with two attached hydrogens (primary N) is 2. The third-order valence-electron chi connectivity index (χ3n) is 6.03. The van der Waals surface area contributed by atoms with E-state index in [1.807, 2.05) is 13.8 Å². The summed E-state index contributed by atoms with van der Waals surface area (Å²) in [6.07, 6.45) is 6.98. The molecule has 234 valence electrons. The van der Waals surface area contributed by atoms with Gasteiger partial charge in [0.05, 0.1) is 36.7 Å². The summed E-state index contributed by atoms with van der Waals surface area (Å²) in [6.45, 7) is 4.04. The molecule has 2 aromatic rings. The van der Waals surface area contributed by atoms with Crippen LogP contribution in [0.4, 0.5) is 0 Å². The van der Waals surface area contributed by atoms with Crippen molar-refractivity contribution in [3.63, 3.8) is 0 Å². The van der Waals surface area contributed by atoms with Crippen LogP contribution in [0.1, 0.15) is 71.4 Å². The molecular formula is C28H41N3O9S2. The van der Waals surface area contributed by atoms with Gasteiger partial charge in [-0.05, 0) is 61.1 Å². The van der Waals surface area contributed by atoms with E-state index in [-0.39, 0.29) is 26.7 Å². The van der Waals surface area contributed by atoms with Gasteiger partial charge in [-0.3, -0.25) is 4.79 Å². The highest BCUT2D eigenvalue weighted by molar-refractivity contribution is 7.91. The van der Waals surface area contributed by atoms with E-state index < -0.39 is 37.5 Å². The predicted octanol–water partition coefficient (Wildman–Crippen LogP) is 3.08. The number of aryl methyl sites for hydroxylation is 2. The van der Waals surface area contributed by atoms with Crippen molar-refractivity contribution in [1.82, 2.24) is 0 Å². The number of benzene rings is 2. The zero-order valence-electron chi connectivity index (χ0n) is 25.1. The van der Waals surface area contributed by atoms with Crippen LogP contribution in [0.5, 0.6) is 11.5 Å². The summed E-state index contributed by atoms with van der Waals surface area (Å²) in [5, 5.41) is 0. The van der Waals surface area contributed by atoms with Gasteiger partial charge in [0, 0.05) is 12.5 Å². The fourth-order valence-electron chi connectivity index (χ4n) is 3.97. The summed E-state index contributed by atoms with van der Waals surface area (Å²) in [5.41, 5.74) is 11.8. The van der Waals surface area contributed by atoms with Gasteiger partial charge in [0.2, 0.25) is 0 Å². The maximum atomic E-state index is 12.0. The lowest BCUT2D eigenvalue weighted by Gasteiger charge is -2.13. The van der Waals surface area contributed by atoms with Gasteiger partial charge in [-0.25, -0.2) is 21.6 Å². The molecule has 0 radical (unpaired) electrons. The second-order valence-corrected chi connectivity index (χ2v) is 13.4. The van der Waals surface area contributed by atoms with Crippen molar-refractivity contribution in [1.29, 1.82) is 0 Å². The Morgan fingerprint density at radius 1 is 0.738 bits per heavy atom. The van der Waals surface area contributed by atoms with E-state index in [0.29, 0.717) is 29.7 Å². The van der Waals surface area contributed by atoms with Crippen LogP contribution in [0.3, 0.4) is 0 Å². The lowest BCUT2D eigenvalue weighted by atomic mass is 10.0. The monoisotopic (exact) mass is 627 g/mol. The number of ether oxygens (including phenoxy) is 3. The Morgan fingerprint density at radius 2 is 1.14 bits per heavy atom. The van der Waals surface area contributed by atoms with Crippen molar-refractivity contribution in [2.45, 2.75) is 62.2 Å². The summed E-state index contributed by atoms with van der Waals surface area (Å²) < 4.78 is 62.7. The van der Waals surface area contributed by atoms with Gasteiger partial charge in [0.1, 0.15) is 17.1 Å². The standard InChI is InChI=1S/C14H21N3O4S.C14H20O5S/c1-4-5-6-9-7-11(21-2)10(13(18)17-14(15)16)8-12(9)22(3,19)20;1-5-6-7-10-8-12(18-2)11(14(15)19-3)9-13(10)20(4,16)17/h7-8H,4-6H2,1-3H3,(H4,15,16,17,18);8-9H,5-7H2,1-4H3. The van der Waals surface area contributed by atoms with E-state index in [4.69, 9.17) is 20.9 Å². The molecule has 4 N–H and O–H groups in total. The van der Waals surface area contributed by atoms with Crippen LogP contribution < -0.4 is 20.9 Å². The molecule has 0 bridgehead atoms. The lowest BCUT2D eigenvalue weighted by molar-refractivity contribution is 0.0596. The third-order valence-corrected chi connectivity index (χ3v) is 8.39. The van der Waals surface area contributed by atoms with Gasteiger partial charge in [0.15, 0.2) is 25.6 Å². The highest BCUT2D eigenvalue weighted by Gasteiger charge is 2.22. The molecule has 14 heteroatoms. The molecule has 0 heterocycles. The van der Waals surface area contributed by atoms with Crippen molar-refractivity contribution in [3.05, 3.63) is 46.5 Å². The number of carbonyl (C=O) groups excluding carboxylic acids is 2. The summed E-state index contributed by atoms with van der Waals surface area (Å²) in [5.74, 6) is -1.19. The van der Waals surface area contributed by atoms with Crippen LogP contribution in [0.2, 0.25) is 0 Å². The van der Waals surface area contributed by atoms with Gasteiger partial charge in [-0.15, -0.1) is 0 Å². The van der Waals surface area contributed by atoms with Crippen molar-refractivity contribution in [3.8, 4) is 11.5 Å². The number of methoxy groups -OCH3 is 3. The van der Waals surface area contributed by atoms with Gasteiger partial charge in [-0.2, -0.15) is 4.99 Å². The van der Waals surface area contributed by atoms with Crippen LogP contribution >= 0.6 is 0 Å². The number of amides is 1. The molecule has 0 unspecified atom stereocenters. The normalized spacial score (nSPS) is 11.1. The van der Waals surface area contributed by atoms with E-state index in [2.05, 4.69) is 9.73 Å². The summed E-state index contributed by atoms with van der Waals surface area (Å²) in [7, 11) is -2.84. The minimum atomic E-state index is -3.49. The largest absolute Gasteiger partial charge is 0.496 e. The van der Waals surface area contributed by atoms with Crippen LogP contribution in [-0.4, -0.2) is 68.5 Å². The van der Waals surface area contributed by atoms with Crippen molar-refractivity contribution in [2.24, 2.45) is 16.5 Å². The number of carbonyl (C=O) groups is 2. The van der Waals surface area contributed by atoms with Crippen molar-refractivity contribution < 1.29 is 40.6 Å². The zero-order valence-corrected chi connectivity index (χ0v) is 26.8. The molecule has 1 amide bonds. The highest BCUT2D eigenvalue weighted by Crippen LogP contribution is 2.30. The number of rotatable bonds is 12. The first kappa shape index (κ1) is 36.4. The van der Waals surface area contributed by atoms with E-state index in [9.17, 15) is 26.4 Å². The van der Waals surface area contributed by atoms with E-state index >= 15 is 0 Å². The molecule has 0 saturated heterocycles. The fraction of sp³-hybridized carbons (Fsp3) is 0.464. The number of hydrogen-bond acceptors (Lipinski definition) is 9. The van der Waals surface area contributed by atoms with Crippen LogP contribution in [-0.2, 0) is 37.3 Å². The molecule has 2 rings (SSSR count). The number of aliphatic imine (C=N–C) groups is 1. The SMILES string of the molecule is CCCCc1cc(OC)c(C(=O)N=C(N)N)cc1S(C)(=O)=O.CCCCc1cc(OC)c(C(=O)OC)cc1S(C)(=O)=O. The quantitative estimate of drug-likeness (QED) is 0.199. The molecule has 42 heavy (non-hydrogen) atoms. The Morgan fingerprint density at radius 3 is 1.48 bits per heavy atom. The molecule has 0 aliphatic carbocycles. The number of guanidine groups is 1. The van der Waals surface area contributed by atoms with Gasteiger partial charge in [-0.1, -0.05) is 26.7 Å². The Hall–Kier alpha value is -3.65. The molecule has 12 nitrogen and oxygen atoms in total. The Bertz CT molecular complexity index is 1510. The molecule has 0 aromatic heterocycles. The second-order valence-electron chi connectivity index (χ2n) is 9.41. The summed E-state index contributed by atoms with van der Waals surface area (Å²) >= 11 is 0. The Kier molecular flexibility index (Phi) is 14.0. The summed E-state index contributed by atoms with van der Waals surface area (Å²) in [6, 6.07) is 5.78. The molecule has 2 aromatic carbocycles. The van der Waals surface area contributed by atoms with Crippen LogP contribution in [0, 0.1) is 0 Å². The second kappa shape index (κ2) is 16.1. The Labute approximate surface area is 248 Å². The van der Waals surface area contributed by atoms with Crippen molar-refractivity contribution in [2.75, 3.05) is 33.8 Å². The highest BCUT2D eigenvalue weighted by atomic mass is 32.2. The van der Waals surface area contributed by atoms with Crippen LogP contribution in [0.15, 0.2) is 39.0 Å². The summed E-state index contributed by atoms with van der Waals surface area (Å²) in [4.78, 5) is 27.4. The first-order valence-electron chi connectivity index (χ1n) is 13.1. The number of hydrogen-bond donors (Lipinski definition) is 2. The maximum absolute atomic E-state index is 12.0.